The number of rotatable bonds is 6. The molecule has 1 aromatic rings. The van der Waals surface area contributed by atoms with E-state index in [-0.39, 0.29) is 12.0 Å². The first-order chi connectivity index (χ1) is 11.3. The van der Waals surface area contributed by atoms with Crippen LogP contribution in [0.2, 0.25) is 0 Å². The number of hydrogen-bond donors (Lipinski definition) is 1. The summed E-state index contributed by atoms with van der Waals surface area (Å²) in [7, 11) is 0. The van der Waals surface area contributed by atoms with Gasteiger partial charge in [0.2, 0.25) is 5.88 Å². The molecule has 2 aliphatic rings. The van der Waals surface area contributed by atoms with E-state index >= 15 is 0 Å². The first kappa shape index (κ1) is 16.2. The molecule has 1 unspecified atom stereocenters. The zero-order valence-corrected chi connectivity index (χ0v) is 13.2. The number of morpholine rings is 1. The summed E-state index contributed by atoms with van der Waals surface area (Å²) in [6, 6.07) is 3.38. The average Bonchev–Trinajstić information content (AvgIpc) is 3.09. The Morgan fingerprint density at radius 2 is 2.22 bits per heavy atom. The SMILES string of the molecule is O=C(NCCN1CCOCC1)c1ccnc(OC2CCOC2)c1. The molecule has 23 heavy (non-hydrogen) atoms. The molecule has 2 aliphatic heterocycles. The minimum absolute atomic E-state index is 0.0298. The summed E-state index contributed by atoms with van der Waals surface area (Å²) < 4.78 is 16.3. The van der Waals surface area contributed by atoms with Gasteiger partial charge in [0.1, 0.15) is 6.10 Å². The lowest BCUT2D eigenvalue weighted by atomic mass is 10.2. The summed E-state index contributed by atoms with van der Waals surface area (Å²) in [5.41, 5.74) is 0.566. The molecule has 1 N–H and O–H groups in total. The van der Waals surface area contributed by atoms with Crippen molar-refractivity contribution in [3.63, 3.8) is 0 Å². The number of ether oxygens (including phenoxy) is 3. The Morgan fingerprint density at radius 3 is 3.00 bits per heavy atom. The Labute approximate surface area is 135 Å². The van der Waals surface area contributed by atoms with Crippen LogP contribution in [0.5, 0.6) is 5.88 Å². The number of nitrogens with one attached hydrogen (secondary N) is 1. The highest BCUT2D eigenvalue weighted by atomic mass is 16.5. The zero-order chi connectivity index (χ0) is 15.9. The fraction of sp³-hybridized carbons (Fsp3) is 0.625. The second kappa shape index (κ2) is 8.24. The molecule has 0 radical (unpaired) electrons. The fourth-order valence-corrected chi connectivity index (χ4v) is 2.65. The van der Waals surface area contributed by atoms with Crippen molar-refractivity contribution in [2.75, 3.05) is 52.6 Å². The molecule has 3 heterocycles. The van der Waals surface area contributed by atoms with Crippen LogP contribution in [0, 0.1) is 0 Å². The molecule has 0 spiro atoms. The van der Waals surface area contributed by atoms with Gasteiger partial charge in [-0.3, -0.25) is 9.69 Å². The standard InChI is InChI=1S/C16H23N3O4/c20-16(18-4-5-19-6-9-21-10-7-19)13-1-3-17-15(11-13)23-14-2-8-22-12-14/h1,3,11,14H,2,4-10,12H2,(H,18,20). The highest BCUT2D eigenvalue weighted by Crippen LogP contribution is 2.15. The van der Waals surface area contributed by atoms with Crippen LogP contribution in [0.15, 0.2) is 18.3 Å². The summed E-state index contributed by atoms with van der Waals surface area (Å²) >= 11 is 0. The van der Waals surface area contributed by atoms with E-state index in [4.69, 9.17) is 14.2 Å². The van der Waals surface area contributed by atoms with Gasteiger partial charge in [-0.2, -0.15) is 0 Å². The largest absolute Gasteiger partial charge is 0.472 e. The predicted octanol–water partition coefficient (Wildman–Crippen LogP) is 0.311. The van der Waals surface area contributed by atoms with E-state index in [1.54, 1.807) is 18.3 Å². The van der Waals surface area contributed by atoms with E-state index in [1.807, 2.05) is 0 Å². The molecule has 7 heteroatoms. The van der Waals surface area contributed by atoms with E-state index in [2.05, 4.69) is 15.2 Å². The summed E-state index contributed by atoms with van der Waals surface area (Å²) in [5.74, 6) is 0.370. The zero-order valence-electron chi connectivity index (χ0n) is 13.2. The topological polar surface area (TPSA) is 72.9 Å². The van der Waals surface area contributed by atoms with Gasteiger partial charge in [0.15, 0.2) is 0 Å². The lowest BCUT2D eigenvalue weighted by Crippen LogP contribution is -2.41. The van der Waals surface area contributed by atoms with Crippen LogP contribution in [-0.2, 0) is 9.47 Å². The van der Waals surface area contributed by atoms with Crippen molar-refractivity contribution in [2.24, 2.45) is 0 Å². The van der Waals surface area contributed by atoms with Crippen LogP contribution in [0.1, 0.15) is 16.8 Å². The Kier molecular flexibility index (Phi) is 5.79. The van der Waals surface area contributed by atoms with E-state index < -0.39 is 0 Å². The van der Waals surface area contributed by atoms with Gasteiger partial charge in [-0.25, -0.2) is 4.98 Å². The quantitative estimate of drug-likeness (QED) is 0.813. The maximum atomic E-state index is 12.2. The lowest BCUT2D eigenvalue weighted by molar-refractivity contribution is 0.0383. The van der Waals surface area contributed by atoms with Crippen LogP contribution in [-0.4, -0.2) is 74.5 Å². The third-order valence-electron chi connectivity index (χ3n) is 3.99. The average molecular weight is 321 g/mol. The molecule has 0 saturated carbocycles. The lowest BCUT2D eigenvalue weighted by Gasteiger charge is -2.26. The summed E-state index contributed by atoms with van der Waals surface area (Å²) in [6.07, 6.45) is 2.49. The number of hydrogen-bond acceptors (Lipinski definition) is 6. The smallest absolute Gasteiger partial charge is 0.251 e. The van der Waals surface area contributed by atoms with Crippen molar-refractivity contribution in [1.82, 2.24) is 15.2 Å². The van der Waals surface area contributed by atoms with Gasteiger partial charge < -0.3 is 19.5 Å². The van der Waals surface area contributed by atoms with E-state index in [9.17, 15) is 4.79 Å². The molecule has 0 aliphatic carbocycles. The van der Waals surface area contributed by atoms with Gasteiger partial charge in [0, 0.05) is 50.4 Å². The van der Waals surface area contributed by atoms with Crippen molar-refractivity contribution < 1.29 is 19.0 Å². The number of nitrogens with zero attached hydrogens (tertiary/aromatic N) is 2. The van der Waals surface area contributed by atoms with Crippen LogP contribution < -0.4 is 10.1 Å². The minimum atomic E-state index is -0.104. The van der Waals surface area contributed by atoms with Crippen molar-refractivity contribution in [3.05, 3.63) is 23.9 Å². The Balaban J connectivity index is 1.46. The number of carbonyl (C=O) groups excluding carboxylic acids is 1. The second-order valence-corrected chi connectivity index (χ2v) is 5.70. The first-order valence-electron chi connectivity index (χ1n) is 8.10. The third-order valence-corrected chi connectivity index (χ3v) is 3.99. The Bertz CT molecular complexity index is 514. The van der Waals surface area contributed by atoms with E-state index in [1.165, 1.54) is 0 Å². The van der Waals surface area contributed by atoms with Crippen LogP contribution >= 0.6 is 0 Å². The van der Waals surface area contributed by atoms with Crippen LogP contribution in [0.25, 0.3) is 0 Å². The maximum absolute atomic E-state index is 12.2. The third kappa shape index (κ3) is 4.89. The molecular weight excluding hydrogens is 298 g/mol. The number of carbonyl (C=O) groups is 1. The number of pyridine rings is 1. The molecule has 2 saturated heterocycles. The normalized spacial score (nSPS) is 22.0. The maximum Gasteiger partial charge on any atom is 0.251 e. The summed E-state index contributed by atoms with van der Waals surface area (Å²) in [5, 5.41) is 2.94. The number of aromatic nitrogens is 1. The molecular formula is C16H23N3O4. The fourth-order valence-electron chi connectivity index (χ4n) is 2.65. The summed E-state index contributed by atoms with van der Waals surface area (Å²) in [4.78, 5) is 18.7. The Hall–Kier alpha value is -1.70. The first-order valence-corrected chi connectivity index (χ1v) is 8.10. The monoisotopic (exact) mass is 321 g/mol. The van der Waals surface area contributed by atoms with Crippen LogP contribution in [0.4, 0.5) is 0 Å². The van der Waals surface area contributed by atoms with E-state index in [0.717, 1.165) is 39.3 Å². The van der Waals surface area contributed by atoms with Gasteiger partial charge in [-0.15, -0.1) is 0 Å². The van der Waals surface area contributed by atoms with Crippen molar-refractivity contribution in [1.29, 1.82) is 0 Å². The molecule has 1 atom stereocenters. The highest BCUT2D eigenvalue weighted by Gasteiger charge is 2.18. The Morgan fingerprint density at radius 1 is 1.35 bits per heavy atom. The predicted molar refractivity (Wildman–Crippen MR) is 83.7 cm³/mol. The van der Waals surface area contributed by atoms with Crippen LogP contribution in [0.3, 0.4) is 0 Å². The van der Waals surface area contributed by atoms with Crippen molar-refractivity contribution in [3.8, 4) is 5.88 Å². The van der Waals surface area contributed by atoms with Gasteiger partial charge in [0.05, 0.1) is 26.4 Å². The number of amides is 1. The van der Waals surface area contributed by atoms with Gasteiger partial charge in [-0.1, -0.05) is 0 Å². The second-order valence-electron chi connectivity index (χ2n) is 5.70. The minimum Gasteiger partial charge on any atom is -0.472 e. The molecule has 0 aromatic carbocycles. The molecule has 126 valence electrons. The molecule has 3 rings (SSSR count). The van der Waals surface area contributed by atoms with Crippen molar-refractivity contribution >= 4 is 5.91 Å². The van der Waals surface area contributed by atoms with Gasteiger partial charge in [-0.05, 0) is 6.07 Å². The van der Waals surface area contributed by atoms with Gasteiger partial charge in [0.25, 0.3) is 5.91 Å². The molecule has 0 bridgehead atoms. The highest BCUT2D eigenvalue weighted by molar-refractivity contribution is 5.94. The molecule has 2 fully saturated rings. The molecule has 1 amide bonds. The summed E-state index contributed by atoms with van der Waals surface area (Å²) in [6.45, 7) is 6.13. The van der Waals surface area contributed by atoms with Gasteiger partial charge >= 0.3 is 0 Å². The van der Waals surface area contributed by atoms with E-state index in [0.29, 0.717) is 31.2 Å². The molecule has 7 nitrogen and oxygen atoms in total. The molecule has 1 aromatic heterocycles. The van der Waals surface area contributed by atoms with Crippen molar-refractivity contribution in [2.45, 2.75) is 12.5 Å².